The maximum Gasteiger partial charge on any atom is 0.270 e. The van der Waals surface area contributed by atoms with Crippen LogP contribution < -0.4 is 5.32 Å². The highest BCUT2D eigenvalue weighted by Gasteiger charge is 2.24. The van der Waals surface area contributed by atoms with Gasteiger partial charge in [-0.15, -0.1) is 0 Å². The van der Waals surface area contributed by atoms with Crippen LogP contribution in [0, 0.1) is 0 Å². The summed E-state index contributed by atoms with van der Waals surface area (Å²) in [5.41, 5.74) is 2.18. The fraction of sp³-hybridized carbons (Fsp3) is 0.316. The average molecular weight is 383 g/mol. The molecular weight excluding hydrogens is 364 g/mol. The number of pyridine rings is 1. The molecule has 1 N–H and O–H groups in total. The molecule has 0 saturated heterocycles. The van der Waals surface area contributed by atoms with E-state index in [-0.39, 0.29) is 11.9 Å². The first-order valence-corrected chi connectivity index (χ1v) is 9.30. The zero-order valence-corrected chi connectivity index (χ0v) is 15.4. The lowest BCUT2D eigenvalue weighted by atomic mass is 9.91. The van der Waals surface area contributed by atoms with Crippen molar-refractivity contribution in [3.63, 3.8) is 0 Å². The van der Waals surface area contributed by atoms with Gasteiger partial charge in [-0.1, -0.05) is 11.6 Å². The highest BCUT2D eigenvalue weighted by molar-refractivity contribution is 6.30. The molecule has 4 rings (SSSR count). The molecule has 1 aliphatic rings. The van der Waals surface area contributed by atoms with Crippen molar-refractivity contribution >= 4 is 17.5 Å². The Bertz CT molecular complexity index is 903. The molecule has 3 aromatic heterocycles. The third kappa shape index (κ3) is 4.14. The molecule has 7 nitrogen and oxygen atoms in total. The summed E-state index contributed by atoms with van der Waals surface area (Å²) in [6.07, 6.45) is 14.1. The molecule has 0 aromatic carbocycles. The zero-order chi connectivity index (χ0) is 18.6. The Morgan fingerprint density at radius 1 is 1.07 bits per heavy atom. The normalized spacial score (nSPS) is 19.6. The Hall–Kier alpha value is -2.80. The minimum absolute atomic E-state index is 0.154. The standard InChI is InChI=1S/C19H19ClN6O/c20-14-1-6-17(23-10-14)19(27)25-15-2-4-16(5-3-15)26-12-13(9-24-26)18-11-21-7-8-22-18/h1,6-12,15-16H,2-5H2,(H,25,27). The van der Waals surface area contributed by atoms with E-state index in [4.69, 9.17) is 11.6 Å². The van der Waals surface area contributed by atoms with Crippen molar-refractivity contribution in [2.75, 3.05) is 0 Å². The molecule has 8 heteroatoms. The van der Waals surface area contributed by atoms with Crippen LogP contribution in [0.15, 0.2) is 49.3 Å². The van der Waals surface area contributed by atoms with E-state index in [0.29, 0.717) is 16.8 Å². The minimum Gasteiger partial charge on any atom is -0.348 e. The number of hydrogen-bond donors (Lipinski definition) is 1. The number of halogens is 1. The van der Waals surface area contributed by atoms with Crippen LogP contribution in [0.3, 0.4) is 0 Å². The quantitative estimate of drug-likeness (QED) is 0.748. The number of rotatable bonds is 4. The number of hydrogen-bond acceptors (Lipinski definition) is 5. The number of carbonyl (C=O) groups is 1. The second kappa shape index (κ2) is 7.84. The summed E-state index contributed by atoms with van der Waals surface area (Å²) in [5.74, 6) is -0.154. The summed E-state index contributed by atoms with van der Waals surface area (Å²) < 4.78 is 2.00. The smallest absolute Gasteiger partial charge is 0.270 e. The van der Waals surface area contributed by atoms with Crippen molar-refractivity contribution in [3.05, 3.63) is 60.0 Å². The van der Waals surface area contributed by atoms with E-state index in [0.717, 1.165) is 36.9 Å². The number of aromatic nitrogens is 5. The van der Waals surface area contributed by atoms with Gasteiger partial charge >= 0.3 is 0 Å². The molecular formula is C19H19ClN6O. The summed E-state index contributed by atoms with van der Waals surface area (Å²) in [7, 11) is 0. The topological polar surface area (TPSA) is 85.6 Å². The van der Waals surface area contributed by atoms with Gasteiger partial charge in [-0.05, 0) is 37.8 Å². The predicted molar refractivity (Wildman–Crippen MR) is 101 cm³/mol. The Morgan fingerprint density at radius 2 is 1.93 bits per heavy atom. The second-order valence-corrected chi connectivity index (χ2v) is 7.08. The number of nitrogens with one attached hydrogen (secondary N) is 1. The van der Waals surface area contributed by atoms with E-state index < -0.39 is 0 Å². The van der Waals surface area contributed by atoms with E-state index >= 15 is 0 Å². The van der Waals surface area contributed by atoms with Gasteiger partial charge in [-0.25, -0.2) is 4.98 Å². The Labute approximate surface area is 161 Å². The molecule has 27 heavy (non-hydrogen) atoms. The number of amides is 1. The van der Waals surface area contributed by atoms with E-state index in [1.54, 1.807) is 30.7 Å². The maximum absolute atomic E-state index is 12.3. The minimum atomic E-state index is -0.154. The Morgan fingerprint density at radius 3 is 2.63 bits per heavy atom. The van der Waals surface area contributed by atoms with Crippen molar-refractivity contribution in [3.8, 4) is 11.3 Å². The first kappa shape index (κ1) is 17.6. The fourth-order valence-corrected chi connectivity index (χ4v) is 3.48. The van der Waals surface area contributed by atoms with Gasteiger partial charge in [0, 0.05) is 36.4 Å². The summed E-state index contributed by atoms with van der Waals surface area (Å²) in [6.45, 7) is 0. The van der Waals surface area contributed by atoms with Crippen molar-refractivity contribution < 1.29 is 4.79 Å². The molecule has 1 saturated carbocycles. The van der Waals surface area contributed by atoms with Crippen LogP contribution in [0.4, 0.5) is 0 Å². The SMILES string of the molecule is O=C(NC1CCC(n2cc(-c3cnccn3)cn2)CC1)c1ccc(Cl)cn1. The average Bonchev–Trinajstić information content (AvgIpc) is 3.20. The molecule has 0 aliphatic heterocycles. The van der Waals surface area contributed by atoms with Crippen molar-refractivity contribution in [2.24, 2.45) is 0 Å². The Kier molecular flexibility index (Phi) is 5.11. The van der Waals surface area contributed by atoms with Crippen LogP contribution >= 0.6 is 11.6 Å². The third-order valence-electron chi connectivity index (χ3n) is 4.83. The maximum atomic E-state index is 12.3. The fourth-order valence-electron chi connectivity index (χ4n) is 3.37. The van der Waals surface area contributed by atoms with Gasteiger partial charge in [-0.3, -0.25) is 19.4 Å². The van der Waals surface area contributed by atoms with Crippen LogP contribution in [0.2, 0.25) is 5.02 Å². The lowest BCUT2D eigenvalue weighted by molar-refractivity contribution is 0.0916. The molecule has 0 spiro atoms. The van der Waals surface area contributed by atoms with E-state index in [2.05, 4.69) is 25.4 Å². The third-order valence-corrected chi connectivity index (χ3v) is 5.05. The van der Waals surface area contributed by atoms with Gasteiger partial charge in [0.05, 0.1) is 29.2 Å². The molecule has 3 aromatic rings. The first-order chi connectivity index (χ1) is 13.2. The summed E-state index contributed by atoms with van der Waals surface area (Å²) >= 11 is 5.81. The molecule has 138 valence electrons. The number of carbonyl (C=O) groups excluding carboxylic acids is 1. The molecule has 0 bridgehead atoms. The molecule has 0 unspecified atom stereocenters. The monoisotopic (exact) mass is 382 g/mol. The van der Waals surface area contributed by atoms with E-state index in [1.165, 1.54) is 6.20 Å². The molecule has 3 heterocycles. The lowest BCUT2D eigenvalue weighted by Crippen LogP contribution is -2.38. The van der Waals surface area contributed by atoms with Crippen LogP contribution in [-0.4, -0.2) is 36.7 Å². The van der Waals surface area contributed by atoms with Gasteiger partial charge in [0.25, 0.3) is 5.91 Å². The van der Waals surface area contributed by atoms with Crippen LogP contribution in [0.25, 0.3) is 11.3 Å². The molecule has 0 radical (unpaired) electrons. The van der Waals surface area contributed by atoms with E-state index in [9.17, 15) is 4.79 Å². The Balaban J connectivity index is 1.33. The molecule has 1 amide bonds. The van der Waals surface area contributed by atoms with Gasteiger partial charge in [-0.2, -0.15) is 5.10 Å². The summed E-state index contributed by atoms with van der Waals surface area (Å²) in [6, 6.07) is 3.80. The van der Waals surface area contributed by atoms with Crippen molar-refractivity contribution in [1.29, 1.82) is 0 Å². The van der Waals surface area contributed by atoms with Gasteiger partial charge in [0.1, 0.15) is 5.69 Å². The predicted octanol–water partition coefficient (Wildman–Crippen LogP) is 3.30. The number of nitrogens with zero attached hydrogens (tertiary/aromatic N) is 5. The highest BCUT2D eigenvalue weighted by atomic mass is 35.5. The van der Waals surface area contributed by atoms with Crippen LogP contribution in [-0.2, 0) is 0 Å². The molecule has 1 fully saturated rings. The van der Waals surface area contributed by atoms with Crippen LogP contribution in [0.1, 0.15) is 42.2 Å². The highest BCUT2D eigenvalue weighted by Crippen LogP contribution is 2.29. The largest absolute Gasteiger partial charge is 0.348 e. The van der Waals surface area contributed by atoms with Gasteiger partial charge in [0.2, 0.25) is 0 Å². The van der Waals surface area contributed by atoms with Crippen LogP contribution in [0.5, 0.6) is 0 Å². The second-order valence-electron chi connectivity index (χ2n) is 6.64. The summed E-state index contributed by atoms with van der Waals surface area (Å²) in [4.78, 5) is 24.8. The van der Waals surface area contributed by atoms with Gasteiger partial charge < -0.3 is 5.32 Å². The molecule has 0 atom stereocenters. The summed E-state index contributed by atoms with van der Waals surface area (Å²) in [5, 5.41) is 8.08. The van der Waals surface area contributed by atoms with Gasteiger partial charge in [0.15, 0.2) is 0 Å². The zero-order valence-electron chi connectivity index (χ0n) is 14.6. The van der Waals surface area contributed by atoms with E-state index in [1.807, 2.05) is 17.1 Å². The lowest BCUT2D eigenvalue weighted by Gasteiger charge is -2.29. The molecule has 1 aliphatic carbocycles. The van der Waals surface area contributed by atoms with Crippen molar-refractivity contribution in [1.82, 2.24) is 30.0 Å². The first-order valence-electron chi connectivity index (χ1n) is 8.92. The van der Waals surface area contributed by atoms with Crippen molar-refractivity contribution in [2.45, 2.75) is 37.8 Å².